The van der Waals surface area contributed by atoms with Gasteiger partial charge in [0.1, 0.15) is 0 Å². The zero-order chi connectivity index (χ0) is 16.8. The van der Waals surface area contributed by atoms with E-state index in [9.17, 15) is 9.18 Å². The minimum atomic E-state index is -0.407. The molecule has 0 unspecified atom stereocenters. The second kappa shape index (κ2) is 8.26. The first-order valence-electron chi connectivity index (χ1n) is 7.72. The van der Waals surface area contributed by atoms with E-state index in [0.29, 0.717) is 26.0 Å². The molecule has 1 aromatic carbocycles. The number of rotatable bonds is 7. The summed E-state index contributed by atoms with van der Waals surface area (Å²) in [6.07, 6.45) is 1.67. The predicted octanol–water partition coefficient (Wildman–Crippen LogP) is 2.03. The summed E-state index contributed by atoms with van der Waals surface area (Å²) in [6.45, 7) is 1.09. The quantitative estimate of drug-likeness (QED) is 0.770. The highest BCUT2D eigenvalue weighted by molar-refractivity contribution is 5.77. The molecule has 0 spiro atoms. The summed E-state index contributed by atoms with van der Waals surface area (Å²) in [5.41, 5.74) is 0.780. The zero-order valence-corrected chi connectivity index (χ0v) is 13.9. The van der Waals surface area contributed by atoms with Crippen LogP contribution in [-0.4, -0.2) is 57.4 Å². The summed E-state index contributed by atoms with van der Waals surface area (Å²) < 4.78 is 29.1. The van der Waals surface area contributed by atoms with Crippen molar-refractivity contribution in [2.45, 2.75) is 31.4 Å². The van der Waals surface area contributed by atoms with Gasteiger partial charge >= 0.3 is 0 Å². The lowest BCUT2D eigenvalue weighted by Gasteiger charge is -2.23. The van der Waals surface area contributed by atoms with Gasteiger partial charge in [0.05, 0.1) is 25.9 Å². The number of hydrogen-bond donors (Lipinski definition) is 0. The molecule has 1 heterocycles. The van der Waals surface area contributed by atoms with Gasteiger partial charge in [-0.2, -0.15) is 0 Å². The number of nitrogens with zero attached hydrogens (tertiary/aromatic N) is 1. The maximum absolute atomic E-state index is 13.7. The maximum atomic E-state index is 13.7. The van der Waals surface area contributed by atoms with Gasteiger partial charge in [0.25, 0.3) is 0 Å². The minimum absolute atomic E-state index is 0.0443. The van der Waals surface area contributed by atoms with E-state index in [4.69, 9.17) is 14.2 Å². The molecule has 0 bridgehead atoms. The van der Waals surface area contributed by atoms with E-state index in [2.05, 4.69) is 0 Å². The molecule has 6 heteroatoms. The maximum Gasteiger partial charge on any atom is 0.223 e. The van der Waals surface area contributed by atoms with Gasteiger partial charge in [0.15, 0.2) is 11.6 Å². The third kappa shape index (κ3) is 4.42. The lowest BCUT2D eigenvalue weighted by Crippen LogP contribution is -2.38. The van der Waals surface area contributed by atoms with Crippen molar-refractivity contribution in [1.29, 1.82) is 0 Å². The molecule has 0 N–H and O–H groups in total. The molecule has 2 atom stereocenters. The fraction of sp³-hybridized carbons (Fsp3) is 0.588. The highest BCUT2D eigenvalue weighted by Crippen LogP contribution is 2.23. The van der Waals surface area contributed by atoms with Gasteiger partial charge < -0.3 is 19.1 Å². The Hall–Kier alpha value is -1.66. The number of likely N-dealkylation sites (tertiary alicyclic amines) is 1. The van der Waals surface area contributed by atoms with Crippen LogP contribution < -0.4 is 4.74 Å². The Morgan fingerprint density at radius 1 is 1.35 bits per heavy atom. The Morgan fingerprint density at radius 2 is 2.13 bits per heavy atom. The molecular weight excluding hydrogens is 301 g/mol. The van der Waals surface area contributed by atoms with Crippen LogP contribution in [0.1, 0.15) is 18.4 Å². The molecule has 128 valence electrons. The van der Waals surface area contributed by atoms with Crippen LogP contribution in [0.2, 0.25) is 0 Å². The molecule has 1 saturated heterocycles. The Balaban J connectivity index is 1.94. The average Bonchev–Trinajstić information content (AvgIpc) is 2.96. The first kappa shape index (κ1) is 17.7. The van der Waals surface area contributed by atoms with Gasteiger partial charge in [-0.05, 0) is 30.5 Å². The highest BCUT2D eigenvalue weighted by Gasteiger charge is 2.34. The molecule has 2 rings (SSSR count). The first-order valence-corrected chi connectivity index (χ1v) is 7.72. The Bertz CT molecular complexity index is 537. The van der Waals surface area contributed by atoms with E-state index < -0.39 is 5.82 Å². The van der Waals surface area contributed by atoms with E-state index in [1.165, 1.54) is 13.2 Å². The van der Waals surface area contributed by atoms with Crippen molar-refractivity contribution < 1.29 is 23.4 Å². The summed E-state index contributed by atoms with van der Waals surface area (Å²) in [6, 6.07) is 4.83. The number of aryl methyl sites for hydroxylation is 1. The third-order valence-electron chi connectivity index (χ3n) is 4.23. The summed E-state index contributed by atoms with van der Waals surface area (Å²) in [5.74, 6) is -0.152. The molecule has 1 aliphatic rings. The fourth-order valence-corrected chi connectivity index (χ4v) is 2.96. The second-order valence-electron chi connectivity index (χ2n) is 5.72. The summed E-state index contributed by atoms with van der Waals surface area (Å²) in [7, 11) is 4.71. The number of benzene rings is 1. The van der Waals surface area contributed by atoms with Crippen molar-refractivity contribution in [3.63, 3.8) is 0 Å². The molecular formula is C17H24FNO4. The van der Waals surface area contributed by atoms with Crippen molar-refractivity contribution in [3.8, 4) is 5.75 Å². The van der Waals surface area contributed by atoms with Gasteiger partial charge in [0, 0.05) is 27.2 Å². The predicted molar refractivity (Wildman–Crippen MR) is 84.1 cm³/mol. The lowest BCUT2D eigenvalue weighted by molar-refractivity contribution is -0.133. The van der Waals surface area contributed by atoms with E-state index >= 15 is 0 Å². The Morgan fingerprint density at radius 3 is 2.74 bits per heavy atom. The van der Waals surface area contributed by atoms with Gasteiger partial charge in [-0.15, -0.1) is 0 Å². The molecule has 0 aliphatic carbocycles. The molecule has 5 nitrogen and oxygen atoms in total. The van der Waals surface area contributed by atoms with Crippen molar-refractivity contribution >= 4 is 5.91 Å². The molecule has 1 aliphatic heterocycles. The highest BCUT2D eigenvalue weighted by atomic mass is 19.1. The number of amides is 1. The van der Waals surface area contributed by atoms with Crippen LogP contribution in [0.4, 0.5) is 4.39 Å². The fourth-order valence-electron chi connectivity index (χ4n) is 2.96. The SMILES string of the molecule is COC[C@@H]1C[C@@H](OC)CN1C(=O)CCc1ccc(OC)c(F)c1. The molecule has 0 saturated carbocycles. The third-order valence-corrected chi connectivity index (χ3v) is 4.23. The standard InChI is InChI=1S/C17H24FNO4/c1-21-11-13-9-14(22-2)10-19(13)17(20)7-5-12-4-6-16(23-3)15(18)8-12/h4,6,8,13-14H,5,7,9-11H2,1-3H3/t13-,14+/m0/s1. The Kier molecular flexibility index (Phi) is 6.36. The Labute approximate surface area is 136 Å². The first-order chi connectivity index (χ1) is 11.1. The number of hydrogen-bond acceptors (Lipinski definition) is 4. The van der Waals surface area contributed by atoms with Crippen LogP contribution in [0.15, 0.2) is 18.2 Å². The summed E-state index contributed by atoms with van der Waals surface area (Å²) in [4.78, 5) is 14.3. The monoisotopic (exact) mass is 325 g/mol. The number of carbonyl (C=O) groups is 1. The minimum Gasteiger partial charge on any atom is -0.494 e. The number of carbonyl (C=O) groups excluding carboxylic acids is 1. The van der Waals surface area contributed by atoms with Gasteiger partial charge in [-0.1, -0.05) is 6.07 Å². The number of ether oxygens (including phenoxy) is 3. The molecule has 1 amide bonds. The molecule has 1 aromatic rings. The lowest BCUT2D eigenvalue weighted by atomic mass is 10.1. The van der Waals surface area contributed by atoms with Crippen LogP contribution in [0.3, 0.4) is 0 Å². The van der Waals surface area contributed by atoms with E-state index in [1.807, 2.05) is 4.90 Å². The van der Waals surface area contributed by atoms with Crippen LogP contribution >= 0.6 is 0 Å². The molecule has 0 radical (unpaired) electrons. The molecule has 23 heavy (non-hydrogen) atoms. The van der Waals surface area contributed by atoms with Crippen LogP contribution in [0, 0.1) is 5.82 Å². The van der Waals surface area contributed by atoms with Crippen molar-refractivity contribution in [3.05, 3.63) is 29.6 Å². The average molecular weight is 325 g/mol. The number of methoxy groups -OCH3 is 3. The topological polar surface area (TPSA) is 48.0 Å². The molecule has 1 fully saturated rings. The van der Waals surface area contributed by atoms with Crippen LogP contribution in [0.25, 0.3) is 0 Å². The van der Waals surface area contributed by atoms with Crippen molar-refractivity contribution in [1.82, 2.24) is 4.90 Å². The smallest absolute Gasteiger partial charge is 0.223 e. The van der Waals surface area contributed by atoms with Gasteiger partial charge in [-0.3, -0.25) is 4.79 Å². The zero-order valence-electron chi connectivity index (χ0n) is 13.9. The summed E-state index contributed by atoms with van der Waals surface area (Å²) in [5, 5.41) is 0. The van der Waals surface area contributed by atoms with Gasteiger partial charge in [0.2, 0.25) is 5.91 Å². The van der Waals surface area contributed by atoms with E-state index in [-0.39, 0.29) is 23.8 Å². The van der Waals surface area contributed by atoms with Crippen LogP contribution in [-0.2, 0) is 20.7 Å². The van der Waals surface area contributed by atoms with Gasteiger partial charge in [-0.25, -0.2) is 4.39 Å². The molecule has 0 aromatic heterocycles. The second-order valence-corrected chi connectivity index (χ2v) is 5.72. The normalized spacial score (nSPS) is 20.8. The van der Waals surface area contributed by atoms with Crippen molar-refractivity contribution in [2.24, 2.45) is 0 Å². The van der Waals surface area contributed by atoms with Crippen molar-refractivity contribution in [2.75, 3.05) is 34.5 Å². The number of halogens is 1. The largest absolute Gasteiger partial charge is 0.494 e. The van der Waals surface area contributed by atoms with E-state index in [1.54, 1.807) is 26.4 Å². The van der Waals surface area contributed by atoms with Crippen LogP contribution in [0.5, 0.6) is 5.75 Å². The van der Waals surface area contributed by atoms with E-state index in [0.717, 1.165) is 12.0 Å². The summed E-state index contributed by atoms with van der Waals surface area (Å²) >= 11 is 0.